The molecule has 1 aliphatic rings. The van der Waals surface area contributed by atoms with Crippen molar-refractivity contribution in [1.29, 1.82) is 0 Å². The monoisotopic (exact) mass is 384 g/mol. The number of hydrogen-bond donors (Lipinski definition) is 1. The lowest BCUT2D eigenvalue weighted by Gasteiger charge is -1.99. The molecule has 1 N–H and O–H groups in total. The molecular formula is C5H10I2N2O2. The summed E-state index contributed by atoms with van der Waals surface area (Å²) in [6, 6.07) is -0.310. The Balaban J connectivity index is 0. The number of imide groups is 1. The number of carbonyl (C=O) groups excluding carboxylic acids is 2. The summed E-state index contributed by atoms with van der Waals surface area (Å²) in [6.45, 7) is 0.148. The average molecular weight is 384 g/mol. The fourth-order valence-electron chi connectivity index (χ4n) is 0.502. The molecule has 0 spiro atoms. The number of carbonyl (C=O) groups is 2. The summed E-state index contributed by atoms with van der Waals surface area (Å²) in [5.41, 5.74) is 0. The lowest BCUT2D eigenvalue weighted by Crippen LogP contribution is -2.25. The lowest BCUT2D eigenvalue weighted by molar-refractivity contribution is -0.124. The number of likely N-dealkylation sites (N-methyl/N-ethyl adjacent to an activating group) is 1. The van der Waals surface area contributed by atoms with Crippen LogP contribution in [-0.2, 0) is 4.79 Å². The van der Waals surface area contributed by atoms with Crippen molar-refractivity contribution in [3.63, 3.8) is 0 Å². The summed E-state index contributed by atoms with van der Waals surface area (Å²) < 4.78 is 0. The number of rotatable bonds is 0. The Bertz CT molecular complexity index is 135. The molecule has 0 aromatic carbocycles. The highest BCUT2D eigenvalue weighted by Crippen LogP contribution is 1.91. The van der Waals surface area contributed by atoms with Crippen molar-refractivity contribution in [3.8, 4) is 0 Å². The van der Waals surface area contributed by atoms with Gasteiger partial charge in [-0.05, 0) is 0 Å². The van der Waals surface area contributed by atoms with Crippen LogP contribution in [0.15, 0.2) is 0 Å². The van der Waals surface area contributed by atoms with E-state index in [2.05, 4.69) is 42.5 Å². The summed E-state index contributed by atoms with van der Waals surface area (Å²) in [5.74, 6) is -0.171. The van der Waals surface area contributed by atoms with Crippen molar-refractivity contribution in [3.05, 3.63) is 0 Å². The number of halogens is 2. The van der Waals surface area contributed by atoms with Gasteiger partial charge in [0.15, 0.2) is 0 Å². The predicted octanol–water partition coefficient (Wildman–Crippen LogP) is 1.58. The van der Waals surface area contributed by atoms with Gasteiger partial charge in [0.05, 0.1) is 6.54 Å². The Kier molecular flexibility index (Phi) is 8.97. The first-order chi connectivity index (χ1) is 4.72. The van der Waals surface area contributed by atoms with E-state index in [1.807, 2.05) is 0 Å². The summed E-state index contributed by atoms with van der Waals surface area (Å²) in [6.07, 6.45) is 0. The number of nitrogens with zero attached hydrogens (tertiary/aromatic N) is 1. The minimum atomic E-state index is -0.310. The van der Waals surface area contributed by atoms with E-state index in [0.29, 0.717) is 0 Å². The van der Waals surface area contributed by atoms with Crippen LogP contribution in [0, 0.1) is 0 Å². The fourth-order valence-corrected chi connectivity index (χ4v) is 0.502. The maximum Gasteiger partial charge on any atom is 0.324 e. The minimum absolute atomic E-state index is 0. The summed E-state index contributed by atoms with van der Waals surface area (Å²) in [5, 5.41) is 2.36. The number of hydrogen-bond acceptors (Lipinski definition) is 2. The molecule has 6 heteroatoms. The van der Waals surface area contributed by atoms with E-state index in [0.717, 1.165) is 4.90 Å². The van der Waals surface area contributed by atoms with E-state index < -0.39 is 0 Å². The second-order valence-electron chi connectivity index (χ2n) is 1.61. The Hall–Kier alpha value is 0.400. The smallest absolute Gasteiger partial charge is 0.324 e. The molecular weight excluding hydrogens is 374 g/mol. The van der Waals surface area contributed by atoms with Gasteiger partial charge in [0.1, 0.15) is 0 Å². The SMILES string of the molecule is C.CN1C(=O)CNC1=O.II. The Labute approximate surface area is 89.4 Å². The molecule has 1 saturated heterocycles. The third-order valence-corrected chi connectivity index (χ3v) is 1.07. The zero-order chi connectivity index (χ0) is 8.15. The fraction of sp³-hybridized carbons (Fsp3) is 0.600. The highest BCUT2D eigenvalue weighted by Gasteiger charge is 2.23. The summed E-state index contributed by atoms with van der Waals surface area (Å²) in [4.78, 5) is 21.9. The molecule has 0 aliphatic carbocycles. The molecule has 0 bridgehead atoms. The molecule has 1 rings (SSSR count). The molecule has 0 aromatic heterocycles. The average Bonchev–Trinajstić information content (AvgIpc) is 2.25. The largest absolute Gasteiger partial charge is 0.329 e. The van der Waals surface area contributed by atoms with Crippen LogP contribution in [0.1, 0.15) is 7.43 Å². The van der Waals surface area contributed by atoms with E-state index in [-0.39, 0.29) is 25.9 Å². The predicted molar refractivity (Wildman–Crippen MR) is 60.9 cm³/mol. The molecule has 0 radical (unpaired) electrons. The van der Waals surface area contributed by atoms with Crippen LogP contribution in [0.25, 0.3) is 0 Å². The van der Waals surface area contributed by atoms with E-state index in [1.165, 1.54) is 7.05 Å². The van der Waals surface area contributed by atoms with E-state index in [9.17, 15) is 9.59 Å². The van der Waals surface area contributed by atoms with Gasteiger partial charge in [0.2, 0.25) is 5.91 Å². The van der Waals surface area contributed by atoms with E-state index in [4.69, 9.17) is 0 Å². The van der Waals surface area contributed by atoms with Gasteiger partial charge in [-0.25, -0.2) is 4.79 Å². The van der Waals surface area contributed by atoms with Crippen molar-refractivity contribution in [2.45, 2.75) is 7.43 Å². The molecule has 0 unspecified atom stereocenters. The molecule has 1 fully saturated rings. The highest BCUT2D eigenvalue weighted by atomic mass is 128. The molecule has 11 heavy (non-hydrogen) atoms. The number of urea groups is 1. The molecule has 66 valence electrons. The van der Waals surface area contributed by atoms with Gasteiger partial charge in [-0.15, -0.1) is 0 Å². The maximum atomic E-state index is 10.4. The van der Waals surface area contributed by atoms with Gasteiger partial charge >= 0.3 is 6.03 Å². The summed E-state index contributed by atoms with van der Waals surface area (Å²) >= 11 is 4.24. The molecule has 4 nitrogen and oxygen atoms in total. The second kappa shape index (κ2) is 7.07. The lowest BCUT2D eigenvalue weighted by atomic mass is 10.6. The molecule has 0 atom stereocenters. The van der Waals surface area contributed by atoms with Gasteiger partial charge < -0.3 is 5.32 Å². The topological polar surface area (TPSA) is 49.4 Å². The Morgan fingerprint density at radius 1 is 1.45 bits per heavy atom. The first-order valence-electron chi connectivity index (χ1n) is 2.40. The number of nitrogens with one attached hydrogen (secondary N) is 1. The van der Waals surface area contributed by atoms with Gasteiger partial charge in [-0.1, -0.05) is 7.43 Å². The first kappa shape index (κ1) is 14.0. The van der Waals surface area contributed by atoms with Gasteiger partial charge in [-0.2, -0.15) is 0 Å². The molecule has 1 heterocycles. The number of amides is 3. The molecule has 1 aliphatic heterocycles. The van der Waals surface area contributed by atoms with Crippen molar-refractivity contribution in [1.82, 2.24) is 10.2 Å². The van der Waals surface area contributed by atoms with Gasteiger partial charge in [-0.3, -0.25) is 9.69 Å². The van der Waals surface area contributed by atoms with Gasteiger partial charge in [0, 0.05) is 44.3 Å². The normalized spacial score (nSPS) is 14.6. The van der Waals surface area contributed by atoms with Crippen molar-refractivity contribution < 1.29 is 9.59 Å². The zero-order valence-corrected chi connectivity index (χ0v) is 9.54. The minimum Gasteiger partial charge on any atom is -0.329 e. The van der Waals surface area contributed by atoms with Crippen LogP contribution in [0.2, 0.25) is 0 Å². The van der Waals surface area contributed by atoms with Crippen molar-refractivity contribution in [2.75, 3.05) is 13.6 Å². The van der Waals surface area contributed by atoms with Gasteiger partial charge in [0.25, 0.3) is 0 Å². The standard InChI is InChI=1S/C4H6N2O2.CH4.I2/c1-6-3(7)2-5-4(6)8;;1-2/h2H2,1H3,(H,5,8);1H4;. The van der Waals surface area contributed by atoms with Crippen molar-refractivity contribution >= 4 is 49.2 Å². The summed E-state index contributed by atoms with van der Waals surface area (Å²) in [7, 11) is 1.45. The quantitative estimate of drug-likeness (QED) is 0.510. The zero-order valence-electron chi connectivity index (χ0n) is 5.23. The van der Waals surface area contributed by atoms with Crippen LogP contribution in [-0.4, -0.2) is 30.4 Å². The highest BCUT2D eigenvalue weighted by molar-refractivity contribution is 15.0. The maximum absolute atomic E-state index is 10.4. The molecule has 3 amide bonds. The van der Waals surface area contributed by atoms with Crippen LogP contribution in [0.4, 0.5) is 4.79 Å². The van der Waals surface area contributed by atoms with E-state index in [1.54, 1.807) is 0 Å². The third-order valence-electron chi connectivity index (χ3n) is 1.07. The molecule has 0 saturated carbocycles. The molecule has 0 aromatic rings. The first-order valence-corrected chi connectivity index (χ1v) is 8.69. The van der Waals surface area contributed by atoms with Crippen LogP contribution >= 0.6 is 37.2 Å². The Morgan fingerprint density at radius 3 is 2.00 bits per heavy atom. The van der Waals surface area contributed by atoms with E-state index >= 15 is 0 Å². The second-order valence-corrected chi connectivity index (χ2v) is 1.61. The van der Waals surface area contributed by atoms with Crippen molar-refractivity contribution in [2.24, 2.45) is 0 Å². The third kappa shape index (κ3) is 4.09. The van der Waals surface area contributed by atoms with Crippen LogP contribution in [0.5, 0.6) is 0 Å². The Morgan fingerprint density at radius 2 is 1.91 bits per heavy atom. The van der Waals surface area contributed by atoms with Crippen LogP contribution in [0.3, 0.4) is 0 Å². The van der Waals surface area contributed by atoms with Crippen LogP contribution < -0.4 is 5.32 Å².